The van der Waals surface area contributed by atoms with E-state index in [9.17, 15) is 0 Å². The van der Waals surface area contributed by atoms with Gasteiger partial charge in [-0.3, -0.25) is 0 Å². The summed E-state index contributed by atoms with van der Waals surface area (Å²) in [5.41, 5.74) is 6.49. The molecule has 0 radical (unpaired) electrons. The summed E-state index contributed by atoms with van der Waals surface area (Å²) in [4.78, 5) is 2.62. The Morgan fingerprint density at radius 1 is 1.18 bits per heavy atom. The topological polar surface area (TPSA) is 38.5 Å². The first kappa shape index (κ1) is 13.3. The first-order valence-electron chi connectivity index (χ1n) is 7.23. The zero-order valence-corrected chi connectivity index (χ0v) is 11.3. The second kappa shape index (κ2) is 6.17. The fourth-order valence-corrected chi connectivity index (χ4v) is 3.51. The summed E-state index contributed by atoms with van der Waals surface area (Å²) in [5, 5.41) is 0. The van der Waals surface area contributed by atoms with E-state index in [2.05, 4.69) is 4.90 Å². The highest BCUT2D eigenvalue weighted by atomic mass is 16.5. The number of ether oxygens (including phenoxy) is 1. The third-order valence-corrected chi connectivity index (χ3v) is 4.77. The van der Waals surface area contributed by atoms with E-state index in [4.69, 9.17) is 10.5 Å². The molecule has 0 aromatic rings. The Morgan fingerprint density at radius 3 is 2.35 bits per heavy atom. The Bertz CT molecular complexity index is 218. The molecule has 2 fully saturated rings. The number of nitrogens with two attached hydrogens (primary N) is 1. The summed E-state index contributed by atoms with van der Waals surface area (Å²) in [5.74, 6) is 0. The maximum absolute atomic E-state index is 6.06. The molecule has 0 amide bonds. The number of methoxy groups -OCH3 is 1. The van der Waals surface area contributed by atoms with E-state index in [-0.39, 0.29) is 0 Å². The van der Waals surface area contributed by atoms with E-state index in [1.165, 1.54) is 64.6 Å². The second-order valence-corrected chi connectivity index (χ2v) is 5.98. The quantitative estimate of drug-likeness (QED) is 0.817. The molecule has 2 N–H and O–H groups in total. The smallest absolute Gasteiger partial charge is 0.0595 e. The average Bonchev–Trinajstić information content (AvgIpc) is 2.41. The van der Waals surface area contributed by atoms with Crippen LogP contribution in [0.2, 0.25) is 0 Å². The summed E-state index contributed by atoms with van der Waals surface area (Å²) in [6.07, 6.45) is 9.73. The zero-order valence-electron chi connectivity index (χ0n) is 11.3. The third kappa shape index (κ3) is 3.43. The largest absolute Gasteiger partial charge is 0.381 e. The normalized spacial score (nSPS) is 27.2. The van der Waals surface area contributed by atoms with Crippen molar-refractivity contribution in [2.45, 2.75) is 51.0 Å². The van der Waals surface area contributed by atoms with Crippen molar-refractivity contribution in [2.75, 3.05) is 33.3 Å². The molecule has 0 spiro atoms. The molecule has 3 nitrogen and oxygen atoms in total. The van der Waals surface area contributed by atoms with Crippen molar-refractivity contribution in [1.82, 2.24) is 4.90 Å². The predicted molar refractivity (Wildman–Crippen MR) is 71.0 cm³/mol. The van der Waals surface area contributed by atoms with Gasteiger partial charge in [0.1, 0.15) is 0 Å². The SMILES string of the molecule is COC1CCN(CC2(CN)CCCCC2)CC1. The van der Waals surface area contributed by atoms with Crippen LogP contribution in [-0.4, -0.2) is 44.3 Å². The summed E-state index contributed by atoms with van der Waals surface area (Å²) >= 11 is 0. The van der Waals surface area contributed by atoms with Crippen LogP contribution in [0, 0.1) is 5.41 Å². The highest BCUT2D eigenvalue weighted by Crippen LogP contribution is 2.36. The van der Waals surface area contributed by atoms with Crippen LogP contribution in [0.5, 0.6) is 0 Å². The van der Waals surface area contributed by atoms with Crippen LogP contribution in [0.25, 0.3) is 0 Å². The molecule has 1 heterocycles. The van der Waals surface area contributed by atoms with E-state index >= 15 is 0 Å². The number of rotatable bonds is 4. The summed E-state index contributed by atoms with van der Waals surface area (Å²) in [6.45, 7) is 4.48. The third-order valence-electron chi connectivity index (χ3n) is 4.77. The van der Waals surface area contributed by atoms with Crippen LogP contribution in [0.3, 0.4) is 0 Å². The summed E-state index contributed by atoms with van der Waals surface area (Å²) in [7, 11) is 1.84. The monoisotopic (exact) mass is 240 g/mol. The lowest BCUT2D eigenvalue weighted by Crippen LogP contribution is -2.47. The second-order valence-electron chi connectivity index (χ2n) is 5.98. The number of likely N-dealkylation sites (tertiary alicyclic amines) is 1. The molecule has 3 heteroatoms. The lowest BCUT2D eigenvalue weighted by atomic mass is 9.73. The Labute approximate surface area is 106 Å². The van der Waals surface area contributed by atoms with Crippen molar-refractivity contribution in [3.63, 3.8) is 0 Å². The fourth-order valence-electron chi connectivity index (χ4n) is 3.51. The Balaban J connectivity index is 1.82. The van der Waals surface area contributed by atoms with Crippen molar-refractivity contribution >= 4 is 0 Å². The minimum absolute atomic E-state index is 0.429. The molecule has 2 rings (SSSR count). The lowest BCUT2D eigenvalue weighted by Gasteiger charge is -2.42. The van der Waals surface area contributed by atoms with Gasteiger partial charge in [-0.1, -0.05) is 19.3 Å². The van der Waals surface area contributed by atoms with Crippen LogP contribution < -0.4 is 5.73 Å². The maximum Gasteiger partial charge on any atom is 0.0595 e. The molecule has 0 atom stereocenters. The van der Waals surface area contributed by atoms with Gasteiger partial charge in [0.2, 0.25) is 0 Å². The molecule has 0 aromatic carbocycles. The molecule has 1 saturated carbocycles. The van der Waals surface area contributed by atoms with Crippen LogP contribution in [-0.2, 0) is 4.74 Å². The van der Waals surface area contributed by atoms with Crippen molar-refractivity contribution in [3.8, 4) is 0 Å². The summed E-state index contributed by atoms with van der Waals surface area (Å²) < 4.78 is 5.43. The zero-order chi connectivity index (χ0) is 12.1. The first-order valence-corrected chi connectivity index (χ1v) is 7.23. The Morgan fingerprint density at radius 2 is 1.82 bits per heavy atom. The Hall–Kier alpha value is -0.120. The van der Waals surface area contributed by atoms with Gasteiger partial charge in [-0.05, 0) is 37.6 Å². The van der Waals surface area contributed by atoms with E-state index in [0.29, 0.717) is 11.5 Å². The molecule has 100 valence electrons. The van der Waals surface area contributed by atoms with E-state index in [0.717, 1.165) is 6.54 Å². The Kier molecular flexibility index (Phi) is 4.83. The van der Waals surface area contributed by atoms with Crippen molar-refractivity contribution < 1.29 is 4.74 Å². The van der Waals surface area contributed by atoms with Crippen LogP contribution in [0.15, 0.2) is 0 Å². The van der Waals surface area contributed by atoms with Gasteiger partial charge in [-0.25, -0.2) is 0 Å². The van der Waals surface area contributed by atoms with Crippen LogP contribution >= 0.6 is 0 Å². The van der Waals surface area contributed by atoms with E-state index in [1.807, 2.05) is 7.11 Å². The van der Waals surface area contributed by atoms with Gasteiger partial charge in [0.25, 0.3) is 0 Å². The van der Waals surface area contributed by atoms with E-state index in [1.54, 1.807) is 0 Å². The maximum atomic E-state index is 6.06. The van der Waals surface area contributed by atoms with Crippen LogP contribution in [0.4, 0.5) is 0 Å². The first-order chi connectivity index (χ1) is 8.28. The number of piperidine rings is 1. The number of hydrogen-bond donors (Lipinski definition) is 1. The molecular formula is C14H28N2O. The molecule has 2 aliphatic rings. The standard InChI is InChI=1S/C14H28N2O/c1-17-13-5-9-16(10-6-13)12-14(11-15)7-3-2-4-8-14/h13H,2-12,15H2,1H3. The highest BCUT2D eigenvalue weighted by Gasteiger charge is 2.33. The van der Waals surface area contributed by atoms with Crippen molar-refractivity contribution in [2.24, 2.45) is 11.1 Å². The van der Waals surface area contributed by atoms with Gasteiger partial charge >= 0.3 is 0 Å². The average molecular weight is 240 g/mol. The highest BCUT2D eigenvalue weighted by molar-refractivity contribution is 4.88. The van der Waals surface area contributed by atoms with E-state index < -0.39 is 0 Å². The van der Waals surface area contributed by atoms with Crippen molar-refractivity contribution in [3.05, 3.63) is 0 Å². The molecule has 1 saturated heterocycles. The molecular weight excluding hydrogens is 212 g/mol. The minimum atomic E-state index is 0.429. The number of nitrogens with zero attached hydrogens (tertiary/aromatic N) is 1. The molecule has 0 unspecified atom stereocenters. The van der Waals surface area contributed by atoms with Gasteiger partial charge in [-0.15, -0.1) is 0 Å². The van der Waals surface area contributed by atoms with Gasteiger partial charge in [0.05, 0.1) is 6.10 Å². The van der Waals surface area contributed by atoms with Gasteiger partial charge in [0, 0.05) is 26.7 Å². The predicted octanol–water partition coefficient (Wildman–Crippen LogP) is 2.01. The van der Waals surface area contributed by atoms with Crippen LogP contribution in [0.1, 0.15) is 44.9 Å². The van der Waals surface area contributed by atoms with Crippen molar-refractivity contribution in [1.29, 1.82) is 0 Å². The van der Waals surface area contributed by atoms with Gasteiger partial charge < -0.3 is 15.4 Å². The molecule has 17 heavy (non-hydrogen) atoms. The lowest BCUT2D eigenvalue weighted by molar-refractivity contribution is 0.0205. The molecule has 0 bridgehead atoms. The fraction of sp³-hybridized carbons (Fsp3) is 1.00. The number of hydrogen-bond acceptors (Lipinski definition) is 3. The van der Waals surface area contributed by atoms with Gasteiger partial charge in [-0.2, -0.15) is 0 Å². The van der Waals surface area contributed by atoms with Gasteiger partial charge in [0.15, 0.2) is 0 Å². The molecule has 1 aliphatic carbocycles. The molecule has 0 aromatic heterocycles. The molecule has 1 aliphatic heterocycles. The minimum Gasteiger partial charge on any atom is -0.381 e. The summed E-state index contributed by atoms with van der Waals surface area (Å²) in [6, 6.07) is 0.